The molecule has 0 saturated carbocycles. The van der Waals surface area contributed by atoms with Crippen LogP contribution in [0.2, 0.25) is 9.36 Å². The van der Waals surface area contributed by atoms with Gasteiger partial charge in [0, 0.05) is 0 Å². The number of rotatable bonds is 4. The van der Waals surface area contributed by atoms with Gasteiger partial charge in [-0.05, 0) is 0 Å². The predicted octanol–water partition coefficient (Wildman–Crippen LogP) is 6.18. The van der Waals surface area contributed by atoms with Gasteiger partial charge in [0.25, 0.3) is 0 Å². The van der Waals surface area contributed by atoms with Crippen LogP contribution in [0.3, 0.4) is 0 Å². The molecular weight excluding hydrogens is 431 g/mol. The molecule has 0 aromatic heterocycles. The van der Waals surface area contributed by atoms with Crippen molar-refractivity contribution in [3.63, 3.8) is 0 Å². The number of allylic oxidation sites excluding steroid dienone is 1. The van der Waals surface area contributed by atoms with Crippen molar-refractivity contribution >= 4 is 6.08 Å². The summed E-state index contributed by atoms with van der Waals surface area (Å²) in [4.78, 5) is 0. The van der Waals surface area contributed by atoms with Crippen LogP contribution in [-0.4, -0.2) is 0 Å². The molecule has 1 atom stereocenters. The summed E-state index contributed by atoms with van der Waals surface area (Å²) >= 11 is -1.59. The summed E-state index contributed by atoms with van der Waals surface area (Å²) in [5.41, 5.74) is 7.09. The van der Waals surface area contributed by atoms with E-state index in [1.54, 1.807) is 22.3 Å². The van der Waals surface area contributed by atoms with E-state index in [0.717, 1.165) is 5.92 Å². The molecule has 2 aliphatic rings. The summed E-state index contributed by atoms with van der Waals surface area (Å²) in [5, 5.41) is 0. The van der Waals surface area contributed by atoms with Gasteiger partial charge >= 0.3 is 145 Å². The molecule has 1 aromatic rings. The van der Waals surface area contributed by atoms with Crippen LogP contribution in [0.4, 0.5) is 0 Å². The molecule has 1 unspecified atom stereocenters. The Bertz CT molecular complexity index is 595. The molecule has 119 valence electrons. The summed E-state index contributed by atoms with van der Waals surface area (Å²) in [6.07, 6.45) is 10.3. The Labute approximate surface area is 144 Å². The van der Waals surface area contributed by atoms with Crippen molar-refractivity contribution in [1.82, 2.24) is 0 Å². The van der Waals surface area contributed by atoms with E-state index >= 15 is 0 Å². The second kappa shape index (κ2) is 5.72. The van der Waals surface area contributed by atoms with E-state index in [2.05, 4.69) is 61.3 Å². The molecule has 2 aliphatic carbocycles. The fourth-order valence-corrected chi connectivity index (χ4v) is 13.3. The van der Waals surface area contributed by atoms with Crippen LogP contribution in [0.25, 0.3) is 6.08 Å². The van der Waals surface area contributed by atoms with Crippen molar-refractivity contribution in [3.8, 4) is 0 Å². The Hall–Kier alpha value is -0.170. The fourth-order valence-electron chi connectivity index (χ4n) is 4.98. The summed E-state index contributed by atoms with van der Waals surface area (Å²) in [6.45, 7) is 9.64. The van der Waals surface area contributed by atoms with Gasteiger partial charge in [0.1, 0.15) is 0 Å². The van der Waals surface area contributed by atoms with Crippen LogP contribution in [0.15, 0.2) is 18.2 Å². The van der Waals surface area contributed by atoms with E-state index in [-0.39, 0.29) is 0 Å². The van der Waals surface area contributed by atoms with Gasteiger partial charge in [0.05, 0.1) is 0 Å². The molecule has 0 radical (unpaired) electrons. The maximum atomic E-state index is 2.63. The van der Waals surface area contributed by atoms with Crippen LogP contribution in [-0.2, 0) is 37.5 Å². The van der Waals surface area contributed by atoms with Crippen molar-refractivity contribution < 1.29 is 21.4 Å². The van der Waals surface area contributed by atoms with Crippen molar-refractivity contribution in [3.05, 3.63) is 40.5 Å². The first-order chi connectivity index (χ1) is 10.4. The molecule has 0 fully saturated rings. The maximum absolute atomic E-state index is 2.63. The fraction of sp³-hybridized carbons (Fsp3) is 0.619. The Morgan fingerprint density at radius 3 is 2.14 bits per heavy atom. The van der Waals surface area contributed by atoms with Gasteiger partial charge in [-0.2, -0.15) is 0 Å². The van der Waals surface area contributed by atoms with E-state index in [9.17, 15) is 0 Å². The van der Waals surface area contributed by atoms with E-state index in [0.29, 0.717) is 8.59 Å². The summed E-state index contributed by atoms with van der Waals surface area (Å²) in [6, 6.07) is 5.18. The predicted molar refractivity (Wildman–Crippen MR) is 94.1 cm³/mol. The molecule has 1 aromatic carbocycles. The number of benzene rings is 1. The second-order valence-electron chi connectivity index (χ2n) is 8.13. The van der Waals surface area contributed by atoms with Gasteiger partial charge in [-0.3, -0.25) is 0 Å². The Balaban J connectivity index is 2.09. The molecule has 1 heteroatoms. The van der Waals surface area contributed by atoms with Crippen LogP contribution in [0.5, 0.6) is 0 Å². The average molecular weight is 462 g/mol. The zero-order valence-corrected chi connectivity index (χ0v) is 18.8. The van der Waals surface area contributed by atoms with Crippen LogP contribution in [0, 0.1) is 11.3 Å². The van der Waals surface area contributed by atoms with Gasteiger partial charge < -0.3 is 0 Å². The molecule has 22 heavy (non-hydrogen) atoms. The Morgan fingerprint density at radius 2 is 1.64 bits per heavy atom. The molecule has 0 amide bonds. The third kappa shape index (κ3) is 2.26. The molecule has 0 N–H and O–H groups in total. The van der Waals surface area contributed by atoms with Crippen molar-refractivity contribution in [2.45, 2.75) is 65.9 Å². The number of hydrogen-bond donors (Lipinski definition) is 0. The molecule has 3 rings (SSSR count). The normalized spacial score (nSPS) is 24.7. The summed E-state index contributed by atoms with van der Waals surface area (Å²) < 4.78 is 5.64. The Morgan fingerprint density at radius 1 is 1.05 bits per heavy atom. The van der Waals surface area contributed by atoms with Gasteiger partial charge in [-0.1, -0.05) is 0 Å². The number of hydrogen-bond acceptors (Lipinski definition) is 0. The van der Waals surface area contributed by atoms with Crippen molar-refractivity contribution in [2.75, 3.05) is 0 Å². The minimum absolute atomic E-state index is 0.443. The second-order valence-corrected chi connectivity index (χ2v) is 18.3. The molecule has 0 spiro atoms. The molecule has 0 nitrogen and oxygen atoms in total. The van der Waals surface area contributed by atoms with Gasteiger partial charge in [0.15, 0.2) is 0 Å². The Kier molecular flexibility index (Phi) is 4.34. The standard InChI is InChI=1S/C19H25.2CH3.Hf/c1-5-19(6-2)11-15-9-14-7-8-17(13(3)4)18(14)10-16(15)12-19;;;/h7-10,13H,5-6,11-12H2,1-4H3;2*1H3;. The third-order valence-electron chi connectivity index (χ3n) is 6.71. The monoisotopic (exact) mass is 463 g/mol. The summed E-state index contributed by atoms with van der Waals surface area (Å²) in [7, 11) is 0. The quantitative estimate of drug-likeness (QED) is 0.469. The zero-order chi connectivity index (χ0) is 16.1. The molecule has 0 bridgehead atoms. The molecule has 0 aliphatic heterocycles. The van der Waals surface area contributed by atoms with Crippen LogP contribution in [0.1, 0.15) is 62.8 Å². The van der Waals surface area contributed by atoms with E-state index < -0.39 is 21.4 Å². The van der Waals surface area contributed by atoms with Gasteiger partial charge in [-0.15, -0.1) is 0 Å². The van der Waals surface area contributed by atoms with Crippen LogP contribution < -0.4 is 0 Å². The van der Waals surface area contributed by atoms with Crippen LogP contribution >= 0.6 is 0 Å². The van der Waals surface area contributed by atoms with Crippen molar-refractivity contribution in [1.29, 1.82) is 0 Å². The summed E-state index contributed by atoms with van der Waals surface area (Å²) in [5.74, 6) is 0.740. The number of fused-ring (bicyclic) bond motifs is 2. The van der Waals surface area contributed by atoms with Gasteiger partial charge in [-0.25, -0.2) is 0 Å². The molecule has 0 heterocycles. The van der Waals surface area contributed by atoms with E-state index in [1.807, 2.05) is 0 Å². The van der Waals surface area contributed by atoms with E-state index in [4.69, 9.17) is 0 Å². The van der Waals surface area contributed by atoms with Crippen molar-refractivity contribution in [2.24, 2.45) is 11.3 Å². The molecular formula is C21H31Hf. The first-order valence-corrected chi connectivity index (χ1v) is 18.0. The average Bonchev–Trinajstić information content (AvgIpc) is 3.03. The first kappa shape index (κ1) is 16.7. The SMILES string of the molecule is CCC1(CC)Cc2cc3c(cc2C1)[C](C(C)C)([Hf]([CH3])[CH3])C=C3. The topological polar surface area (TPSA) is 0 Å². The first-order valence-electron chi connectivity index (χ1n) is 9.04. The van der Waals surface area contributed by atoms with E-state index in [1.165, 1.54) is 25.7 Å². The zero-order valence-electron chi connectivity index (χ0n) is 15.2. The minimum atomic E-state index is -1.59. The van der Waals surface area contributed by atoms with Gasteiger partial charge in [0.2, 0.25) is 0 Å². The molecule has 0 saturated heterocycles. The third-order valence-corrected chi connectivity index (χ3v) is 16.3.